The number of ether oxygens (including phenoxy) is 2. The van der Waals surface area contributed by atoms with Crippen LogP contribution in [0.2, 0.25) is 0 Å². The summed E-state index contributed by atoms with van der Waals surface area (Å²) in [6.07, 6.45) is 0.908. The van der Waals surface area contributed by atoms with Gasteiger partial charge in [-0.2, -0.15) is 0 Å². The van der Waals surface area contributed by atoms with Crippen molar-refractivity contribution in [2.24, 2.45) is 5.92 Å². The number of rotatable bonds is 6. The monoisotopic (exact) mass is 471 g/mol. The Morgan fingerprint density at radius 3 is 2.51 bits per heavy atom. The van der Waals surface area contributed by atoms with Crippen LogP contribution in [0.5, 0.6) is 23.0 Å². The highest BCUT2D eigenvalue weighted by Gasteiger charge is 2.30. The Bertz CT molecular complexity index is 1230. The number of benzene rings is 3. The summed E-state index contributed by atoms with van der Waals surface area (Å²) < 4.78 is 12.6. The number of phenols is 2. The van der Waals surface area contributed by atoms with Gasteiger partial charge in [-0.25, -0.2) is 0 Å². The van der Waals surface area contributed by atoms with Crippen LogP contribution in [-0.4, -0.2) is 40.9 Å². The van der Waals surface area contributed by atoms with Crippen molar-refractivity contribution < 1.29 is 19.7 Å². The lowest BCUT2D eigenvalue weighted by Crippen LogP contribution is -2.35. The molecule has 0 aromatic heterocycles. The van der Waals surface area contributed by atoms with E-state index in [1.165, 1.54) is 6.42 Å². The third-order valence-electron chi connectivity index (χ3n) is 7.19. The highest BCUT2D eigenvalue weighted by atomic mass is 16.5. The topological polar surface area (TPSA) is 62.2 Å². The summed E-state index contributed by atoms with van der Waals surface area (Å²) in [6, 6.07) is 20.9. The first kappa shape index (κ1) is 23.3. The lowest BCUT2D eigenvalue weighted by atomic mass is 9.86. The lowest BCUT2D eigenvalue weighted by Gasteiger charge is -2.31. The second-order valence-electron chi connectivity index (χ2n) is 9.89. The van der Waals surface area contributed by atoms with Crippen LogP contribution in [0.25, 0.3) is 11.1 Å². The summed E-state index contributed by atoms with van der Waals surface area (Å²) in [5, 5.41) is 20.2. The van der Waals surface area contributed by atoms with Gasteiger partial charge >= 0.3 is 0 Å². The fraction of sp³-hybridized carbons (Fsp3) is 0.333. The third-order valence-corrected chi connectivity index (χ3v) is 7.19. The second-order valence-corrected chi connectivity index (χ2v) is 9.89. The zero-order chi connectivity index (χ0) is 24.5. The molecular formula is C30H33NO4. The van der Waals surface area contributed by atoms with Crippen LogP contribution in [0, 0.1) is 5.92 Å². The molecule has 5 heteroatoms. The molecular weight excluding hydrogens is 438 g/mol. The van der Waals surface area contributed by atoms with Gasteiger partial charge < -0.3 is 19.7 Å². The number of hydrogen-bond acceptors (Lipinski definition) is 5. The van der Waals surface area contributed by atoms with Crippen molar-refractivity contribution in [3.8, 4) is 23.0 Å². The first-order valence-corrected chi connectivity index (χ1v) is 12.4. The maximum Gasteiger partial charge on any atom is 0.150 e. The Balaban J connectivity index is 1.41. The van der Waals surface area contributed by atoms with Crippen LogP contribution >= 0.6 is 0 Å². The van der Waals surface area contributed by atoms with Crippen LogP contribution in [0.3, 0.4) is 0 Å². The standard InChI is InChI=1S/C30H33NO4/c1-19-13-14-31(17-19)20(2)18-34-26-10-7-22(8-11-26)30-29(23-5-4-6-24(32)15-23)21(3)27-16-25(33)9-12-28(27)35-30/h4-12,15-16,19-20,30,32-33H,13-14,17-18H2,1-3H3/t19-,20?,30?/m0/s1. The zero-order valence-electron chi connectivity index (χ0n) is 20.6. The number of fused-ring (bicyclic) bond motifs is 1. The highest BCUT2D eigenvalue weighted by Crippen LogP contribution is 2.47. The fourth-order valence-corrected chi connectivity index (χ4v) is 5.15. The molecule has 2 N–H and O–H groups in total. The molecule has 2 unspecified atom stereocenters. The van der Waals surface area contributed by atoms with Crippen molar-refractivity contribution in [1.29, 1.82) is 0 Å². The molecule has 3 aromatic carbocycles. The molecule has 182 valence electrons. The fourth-order valence-electron chi connectivity index (χ4n) is 5.15. The summed E-state index contributed by atoms with van der Waals surface area (Å²) in [6.45, 7) is 9.52. The summed E-state index contributed by atoms with van der Waals surface area (Å²) in [7, 11) is 0. The van der Waals surface area contributed by atoms with E-state index in [9.17, 15) is 10.2 Å². The van der Waals surface area contributed by atoms with Crippen molar-refractivity contribution in [3.63, 3.8) is 0 Å². The normalized spacial score (nSPS) is 20.9. The molecule has 2 aliphatic heterocycles. The van der Waals surface area contributed by atoms with Gasteiger partial charge in [0.1, 0.15) is 35.7 Å². The van der Waals surface area contributed by atoms with E-state index < -0.39 is 0 Å². The molecule has 0 bridgehead atoms. The van der Waals surface area contributed by atoms with Crippen LogP contribution in [0.4, 0.5) is 0 Å². The minimum atomic E-state index is -0.354. The molecule has 0 spiro atoms. The number of hydrogen-bond donors (Lipinski definition) is 2. The number of phenolic OH excluding ortho intramolecular Hbond substituents is 2. The summed E-state index contributed by atoms with van der Waals surface area (Å²) in [4.78, 5) is 2.50. The molecule has 0 saturated carbocycles. The summed E-state index contributed by atoms with van der Waals surface area (Å²) >= 11 is 0. The highest BCUT2D eigenvalue weighted by molar-refractivity contribution is 5.95. The van der Waals surface area contributed by atoms with Crippen LogP contribution < -0.4 is 9.47 Å². The quantitative estimate of drug-likeness (QED) is 0.444. The Morgan fingerprint density at radius 1 is 1.03 bits per heavy atom. The van der Waals surface area contributed by atoms with Crippen molar-refractivity contribution in [2.75, 3.05) is 19.7 Å². The minimum Gasteiger partial charge on any atom is -0.508 e. The number of nitrogens with zero attached hydrogens (tertiary/aromatic N) is 1. The first-order chi connectivity index (χ1) is 16.9. The maximum atomic E-state index is 10.1. The van der Waals surface area contributed by atoms with Crippen molar-refractivity contribution in [2.45, 2.75) is 39.3 Å². The van der Waals surface area contributed by atoms with Gasteiger partial charge in [-0.1, -0.05) is 31.2 Å². The van der Waals surface area contributed by atoms with Gasteiger partial charge in [0.15, 0.2) is 0 Å². The van der Waals surface area contributed by atoms with Crippen LogP contribution in [0.15, 0.2) is 66.7 Å². The van der Waals surface area contributed by atoms with E-state index >= 15 is 0 Å². The lowest BCUT2D eigenvalue weighted by molar-refractivity contribution is 0.169. The average Bonchev–Trinajstić information content (AvgIpc) is 3.29. The Morgan fingerprint density at radius 2 is 1.80 bits per heavy atom. The Labute approximate surface area is 207 Å². The molecule has 3 aromatic rings. The van der Waals surface area contributed by atoms with Crippen molar-refractivity contribution >= 4 is 11.1 Å². The zero-order valence-corrected chi connectivity index (χ0v) is 20.6. The van der Waals surface area contributed by atoms with E-state index in [4.69, 9.17) is 9.47 Å². The van der Waals surface area contributed by atoms with Crippen molar-refractivity contribution in [3.05, 3.63) is 83.4 Å². The Kier molecular flexibility index (Phi) is 6.44. The van der Waals surface area contributed by atoms with Gasteiger partial charge in [0, 0.05) is 23.7 Å². The number of aromatic hydroxyl groups is 2. The third kappa shape index (κ3) is 4.87. The molecule has 0 aliphatic carbocycles. The van der Waals surface area contributed by atoms with E-state index in [-0.39, 0.29) is 17.6 Å². The minimum absolute atomic E-state index is 0.194. The first-order valence-electron chi connectivity index (χ1n) is 12.4. The molecule has 0 amide bonds. The maximum absolute atomic E-state index is 10.1. The molecule has 35 heavy (non-hydrogen) atoms. The molecule has 5 nitrogen and oxygen atoms in total. The smallest absolute Gasteiger partial charge is 0.150 e. The van der Waals surface area contributed by atoms with E-state index in [0.717, 1.165) is 58.3 Å². The van der Waals surface area contributed by atoms with Gasteiger partial charge in [-0.15, -0.1) is 0 Å². The van der Waals surface area contributed by atoms with Gasteiger partial charge in [-0.3, -0.25) is 4.90 Å². The van der Waals surface area contributed by atoms with Gasteiger partial charge in [0.05, 0.1) is 0 Å². The van der Waals surface area contributed by atoms with E-state index in [2.05, 4.69) is 18.7 Å². The molecule has 0 radical (unpaired) electrons. The average molecular weight is 472 g/mol. The van der Waals surface area contributed by atoms with E-state index in [0.29, 0.717) is 12.6 Å². The van der Waals surface area contributed by atoms with Crippen molar-refractivity contribution in [1.82, 2.24) is 4.90 Å². The molecule has 5 rings (SSSR count). The predicted molar refractivity (Wildman–Crippen MR) is 139 cm³/mol. The Hall–Kier alpha value is -3.44. The SMILES string of the molecule is CC1=C(c2cccc(O)c2)C(c2ccc(OCC(C)N3CC[C@H](C)C3)cc2)Oc2ccc(O)cc21. The van der Waals surface area contributed by atoms with Gasteiger partial charge in [0.25, 0.3) is 0 Å². The largest absolute Gasteiger partial charge is 0.508 e. The van der Waals surface area contributed by atoms with Crippen LogP contribution in [-0.2, 0) is 0 Å². The van der Waals surface area contributed by atoms with Crippen LogP contribution in [0.1, 0.15) is 50.0 Å². The molecule has 1 fully saturated rings. The molecule has 2 aliphatic rings. The molecule has 1 saturated heterocycles. The summed E-state index contributed by atoms with van der Waals surface area (Å²) in [5.74, 6) is 2.73. The molecule has 2 heterocycles. The number of likely N-dealkylation sites (tertiary alicyclic amines) is 1. The summed E-state index contributed by atoms with van der Waals surface area (Å²) in [5.41, 5.74) is 4.70. The molecule has 3 atom stereocenters. The second kappa shape index (κ2) is 9.67. The van der Waals surface area contributed by atoms with Gasteiger partial charge in [-0.05, 0) is 91.9 Å². The predicted octanol–water partition coefficient (Wildman–Crippen LogP) is 6.27. The number of allylic oxidation sites excluding steroid dienone is 1. The van der Waals surface area contributed by atoms with E-state index in [1.54, 1.807) is 30.3 Å². The van der Waals surface area contributed by atoms with E-state index in [1.807, 2.05) is 43.3 Å². The van der Waals surface area contributed by atoms with Gasteiger partial charge in [0.2, 0.25) is 0 Å².